The van der Waals surface area contributed by atoms with Crippen LogP contribution in [0.4, 0.5) is 11.4 Å². The lowest BCUT2D eigenvalue weighted by Crippen LogP contribution is -2.23. The molecule has 0 aliphatic carbocycles. The second kappa shape index (κ2) is 2.30. The van der Waals surface area contributed by atoms with Gasteiger partial charge in [0.25, 0.3) is 0 Å². The highest BCUT2D eigenvalue weighted by Gasteiger charge is 2.22. The fourth-order valence-electron chi connectivity index (χ4n) is 1.68. The van der Waals surface area contributed by atoms with Crippen LogP contribution in [0.25, 0.3) is 0 Å². The topological polar surface area (TPSA) is 26.7 Å². The first-order valence-electron chi connectivity index (χ1n) is 3.94. The van der Waals surface area contributed by atoms with Gasteiger partial charge < -0.3 is 14.9 Å². The van der Waals surface area contributed by atoms with E-state index in [2.05, 4.69) is 4.90 Å². The fraction of sp³-hybridized carbons (Fsp3) is 0.333. The highest BCUT2D eigenvalue weighted by Crippen LogP contribution is 2.40. The highest BCUT2D eigenvalue weighted by molar-refractivity contribution is 5.80. The molecule has 1 aromatic rings. The number of phenols is 1. The first-order chi connectivity index (χ1) is 5.70. The van der Waals surface area contributed by atoms with Gasteiger partial charge in [-0.05, 0) is 12.1 Å². The summed E-state index contributed by atoms with van der Waals surface area (Å²) < 4.78 is 0. The lowest BCUT2D eigenvalue weighted by molar-refractivity contribution is 0.476. The highest BCUT2D eigenvalue weighted by atomic mass is 16.3. The van der Waals surface area contributed by atoms with Crippen LogP contribution in [0.3, 0.4) is 0 Å². The molecule has 0 radical (unpaired) electrons. The fourth-order valence-corrected chi connectivity index (χ4v) is 1.68. The van der Waals surface area contributed by atoms with Crippen molar-refractivity contribution in [1.82, 2.24) is 0 Å². The first kappa shape index (κ1) is 7.28. The number of hydrogen-bond donors (Lipinski definition) is 1. The van der Waals surface area contributed by atoms with E-state index < -0.39 is 0 Å². The Kier molecular flexibility index (Phi) is 1.40. The van der Waals surface area contributed by atoms with Crippen LogP contribution in [0, 0.1) is 0 Å². The van der Waals surface area contributed by atoms with E-state index in [-0.39, 0.29) is 0 Å². The smallest absolute Gasteiger partial charge is 0.141 e. The summed E-state index contributed by atoms with van der Waals surface area (Å²) in [7, 11) is 3.99. The third kappa shape index (κ3) is 0.826. The number of nitrogens with zero attached hydrogens (tertiary/aromatic N) is 2. The standard InChI is InChI=1S/C9H12N2O/c1-10-6-11(2)9-7(10)4-3-5-8(9)12/h3-5,12H,6H2,1-2H3. The molecule has 1 aromatic carbocycles. The summed E-state index contributed by atoms with van der Waals surface area (Å²) in [6.07, 6.45) is 0. The zero-order chi connectivity index (χ0) is 8.72. The maximum Gasteiger partial charge on any atom is 0.141 e. The van der Waals surface area contributed by atoms with E-state index in [0.29, 0.717) is 5.75 Å². The lowest BCUT2D eigenvalue weighted by atomic mass is 10.2. The van der Waals surface area contributed by atoms with Crippen molar-refractivity contribution in [3.8, 4) is 5.75 Å². The average molecular weight is 164 g/mol. The van der Waals surface area contributed by atoms with Gasteiger partial charge in [0.05, 0.1) is 12.4 Å². The molecule has 0 saturated carbocycles. The van der Waals surface area contributed by atoms with Crippen molar-refractivity contribution in [1.29, 1.82) is 0 Å². The van der Waals surface area contributed by atoms with Gasteiger partial charge in [-0.2, -0.15) is 0 Å². The third-order valence-corrected chi connectivity index (χ3v) is 2.21. The average Bonchev–Trinajstić information content (AvgIpc) is 2.29. The predicted octanol–water partition coefficient (Wildman–Crippen LogP) is 1.24. The minimum Gasteiger partial charge on any atom is -0.506 e. The molecule has 0 aromatic heterocycles. The molecule has 12 heavy (non-hydrogen) atoms. The summed E-state index contributed by atoms with van der Waals surface area (Å²) in [5.41, 5.74) is 2.03. The van der Waals surface area contributed by atoms with Crippen LogP contribution in [0.2, 0.25) is 0 Å². The van der Waals surface area contributed by atoms with E-state index in [1.807, 2.05) is 31.1 Å². The van der Waals surface area contributed by atoms with E-state index in [1.165, 1.54) is 0 Å². The van der Waals surface area contributed by atoms with E-state index >= 15 is 0 Å². The number of anilines is 2. The summed E-state index contributed by atoms with van der Waals surface area (Å²) in [4.78, 5) is 4.14. The molecule has 3 nitrogen and oxygen atoms in total. The van der Waals surface area contributed by atoms with Gasteiger partial charge in [-0.25, -0.2) is 0 Å². The van der Waals surface area contributed by atoms with Crippen LogP contribution in [-0.4, -0.2) is 25.9 Å². The minimum absolute atomic E-state index is 0.361. The SMILES string of the molecule is CN1CN(C)c2c(O)cccc21. The van der Waals surface area contributed by atoms with Crippen LogP contribution >= 0.6 is 0 Å². The molecule has 1 N–H and O–H groups in total. The van der Waals surface area contributed by atoms with Crippen LogP contribution in [0.15, 0.2) is 18.2 Å². The summed E-state index contributed by atoms with van der Waals surface area (Å²) in [5, 5.41) is 9.55. The molecule has 0 bridgehead atoms. The van der Waals surface area contributed by atoms with Crippen molar-refractivity contribution >= 4 is 11.4 Å². The largest absolute Gasteiger partial charge is 0.506 e. The van der Waals surface area contributed by atoms with Crippen molar-refractivity contribution in [2.24, 2.45) is 0 Å². The quantitative estimate of drug-likeness (QED) is 0.625. The Labute approximate surface area is 71.8 Å². The molecule has 0 fully saturated rings. The van der Waals surface area contributed by atoms with E-state index in [0.717, 1.165) is 18.0 Å². The van der Waals surface area contributed by atoms with Gasteiger partial charge in [0.15, 0.2) is 0 Å². The normalized spacial score (nSPS) is 15.2. The number of hydrogen-bond acceptors (Lipinski definition) is 3. The zero-order valence-corrected chi connectivity index (χ0v) is 7.28. The lowest BCUT2D eigenvalue weighted by Gasteiger charge is -2.12. The zero-order valence-electron chi connectivity index (χ0n) is 7.28. The van der Waals surface area contributed by atoms with Crippen LogP contribution in [0.5, 0.6) is 5.75 Å². The van der Waals surface area contributed by atoms with Crippen molar-refractivity contribution in [2.75, 3.05) is 30.6 Å². The number of aromatic hydroxyl groups is 1. The molecule has 0 spiro atoms. The second-order valence-corrected chi connectivity index (χ2v) is 3.18. The van der Waals surface area contributed by atoms with Gasteiger partial charge in [-0.3, -0.25) is 0 Å². The number of rotatable bonds is 0. The number of para-hydroxylation sites is 1. The van der Waals surface area contributed by atoms with Gasteiger partial charge in [0, 0.05) is 14.1 Å². The minimum atomic E-state index is 0.361. The Morgan fingerprint density at radius 3 is 2.67 bits per heavy atom. The van der Waals surface area contributed by atoms with Crippen molar-refractivity contribution < 1.29 is 5.11 Å². The summed E-state index contributed by atoms with van der Waals surface area (Å²) in [6.45, 7) is 0.840. The first-order valence-corrected chi connectivity index (χ1v) is 3.94. The van der Waals surface area contributed by atoms with E-state index in [9.17, 15) is 5.11 Å². The molecule has 1 heterocycles. The Bertz CT molecular complexity index is 311. The monoisotopic (exact) mass is 164 g/mol. The molecule has 0 saturated heterocycles. The molecule has 1 aliphatic heterocycles. The molecular weight excluding hydrogens is 152 g/mol. The van der Waals surface area contributed by atoms with E-state index in [4.69, 9.17) is 0 Å². The maximum atomic E-state index is 9.55. The van der Waals surface area contributed by atoms with Gasteiger partial charge in [0.2, 0.25) is 0 Å². The molecule has 0 amide bonds. The van der Waals surface area contributed by atoms with Gasteiger partial charge in [-0.15, -0.1) is 0 Å². The summed E-state index contributed by atoms with van der Waals surface area (Å²) in [6, 6.07) is 5.59. The number of benzene rings is 1. The van der Waals surface area contributed by atoms with Gasteiger partial charge in [-0.1, -0.05) is 6.07 Å². The van der Waals surface area contributed by atoms with Crippen LogP contribution in [-0.2, 0) is 0 Å². The van der Waals surface area contributed by atoms with E-state index in [1.54, 1.807) is 6.07 Å². The molecular formula is C9H12N2O. The van der Waals surface area contributed by atoms with Gasteiger partial charge >= 0.3 is 0 Å². The number of fused-ring (bicyclic) bond motifs is 1. The Morgan fingerprint density at radius 2 is 2.00 bits per heavy atom. The molecule has 2 rings (SSSR count). The predicted molar refractivity (Wildman–Crippen MR) is 49.8 cm³/mol. The van der Waals surface area contributed by atoms with Crippen molar-refractivity contribution in [3.05, 3.63) is 18.2 Å². The molecule has 0 unspecified atom stereocenters. The third-order valence-electron chi connectivity index (χ3n) is 2.21. The van der Waals surface area contributed by atoms with Crippen molar-refractivity contribution in [3.63, 3.8) is 0 Å². The molecule has 3 heteroatoms. The molecule has 64 valence electrons. The van der Waals surface area contributed by atoms with Gasteiger partial charge in [0.1, 0.15) is 11.4 Å². The summed E-state index contributed by atoms with van der Waals surface area (Å²) in [5.74, 6) is 0.361. The molecule has 0 atom stereocenters. The van der Waals surface area contributed by atoms with Crippen LogP contribution < -0.4 is 9.80 Å². The number of phenolic OH excluding ortho intramolecular Hbond substituents is 1. The summed E-state index contributed by atoms with van der Waals surface area (Å²) >= 11 is 0. The second-order valence-electron chi connectivity index (χ2n) is 3.18. The van der Waals surface area contributed by atoms with Crippen LogP contribution in [0.1, 0.15) is 0 Å². The Hall–Kier alpha value is -1.38. The molecule has 1 aliphatic rings. The maximum absolute atomic E-state index is 9.55. The van der Waals surface area contributed by atoms with Crippen molar-refractivity contribution in [2.45, 2.75) is 0 Å². The Morgan fingerprint density at radius 1 is 1.25 bits per heavy atom. The Balaban J connectivity index is 2.59.